The lowest BCUT2D eigenvalue weighted by Gasteiger charge is -2.40. The average Bonchev–Trinajstić information content (AvgIpc) is 2.87. The minimum Gasteiger partial charge on any atom is -0.508 e. The summed E-state index contributed by atoms with van der Waals surface area (Å²) in [6.45, 7) is 3.08. The van der Waals surface area contributed by atoms with Gasteiger partial charge in [-0.25, -0.2) is 4.39 Å². The summed E-state index contributed by atoms with van der Waals surface area (Å²) < 4.78 is 55.6. The first kappa shape index (κ1) is 22.7. The fraction of sp³-hybridized carbons (Fsp3) is 0.409. The number of phenols is 1. The summed E-state index contributed by atoms with van der Waals surface area (Å²) in [5.74, 6) is -1.01. The highest BCUT2D eigenvalue weighted by Gasteiger charge is 2.56. The van der Waals surface area contributed by atoms with Gasteiger partial charge < -0.3 is 10.2 Å². The summed E-state index contributed by atoms with van der Waals surface area (Å²) in [6.07, 6.45) is -0.122. The molecular formula is C22H23F4NO2. The van der Waals surface area contributed by atoms with Crippen LogP contribution in [0.25, 0.3) is 0 Å². The van der Waals surface area contributed by atoms with Crippen LogP contribution < -0.4 is 0 Å². The molecule has 0 fully saturated rings. The van der Waals surface area contributed by atoms with Crippen LogP contribution in [0.15, 0.2) is 53.6 Å². The second-order valence-corrected chi connectivity index (χ2v) is 7.58. The highest BCUT2D eigenvalue weighted by Crippen LogP contribution is 2.47. The van der Waals surface area contributed by atoms with Crippen molar-refractivity contribution in [2.45, 2.75) is 56.7 Å². The van der Waals surface area contributed by atoms with E-state index in [9.17, 15) is 27.8 Å². The van der Waals surface area contributed by atoms with Crippen LogP contribution in [0.3, 0.4) is 0 Å². The summed E-state index contributed by atoms with van der Waals surface area (Å²) in [6, 6.07) is 5.05. The van der Waals surface area contributed by atoms with E-state index in [4.69, 9.17) is 5.26 Å². The van der Waals surface area contributed by atoms with E-state index in [2.05, 4.69) is 0 Å². The number of allylic oxidation sites excluding steroid dienone is 5. The molecule has 1 aliphatic carbocycles. The van der Waals surface area contributed by atoms with Crippen molar-refractivity contribution < 1.29 is 27.8 Å². The van der Waals surface area contributed by atoms with Crippen LogP contribution in [0, 0.1) is 17.1 Å². The van der Waals surface area contributed by atoms with E-state index in [0.717, 1.165) is 18.2 Å². The van der Waals surface area contributed by atoms with Gasteiger partial charge in [0.1, 0.15) is 11.6 Å². The molecule has 0 saturated carbocycles. The van der Waals surface area contributed by atoms with E-state index in [1.165, 1.54) is 25.2 Å². The Balaban J connectivity index is 2.43. The Morgan fingerprint density at radius 1 is 1.17 bits per heavy atom. The maximum atomic E-state index is 14.0. The topological polar surface area (TPSA) is 64.2 Å². The Labute approximate surface area is 167 Å². The summed E-state index contributed by atoms with van der Waals surface area (Å²) >= 11 is 0. The zero-order valence-corrected chi connectivity index (χ0v) is 16.2. The molecule has 0 amide bonds. The van der Waals surface area contributed by atoms with E-state index in [-0.39, 0.29) is 29.7 Å². The van der Waals surface area contributed by atoms with Gasteiger partial charge in [-0.2, -0.15) is 18.4 Å². The van der Waals surface area contributed by atoms with Gasteiger partial charge in [-0.05, 0) is 54.5 Å². The monoisotopic (exact) mass is 409 g/mol. The Kier molecular flexibility index (Phi) is 6.59. The average molecular weight is 409 g/mol. The van der Waals surface area contributed by atoms with E-state index < -0.39 is 35.9 Å². The minimum absolute atomic E-state index is 0.0153. The molecule has 1 aliphatic rings. The van der Waals surface area contributed by atoms with Crippen molar-refractivity contribution in [1.82, 2.24) is 0 Å². The lowest BCUT2D eigenvalue weighted by Crippen LogP contribution is -2.50. The molecular weight excluding hydrogens is 386 g/mol. The highest BCUT2D eigenvalue weighted by molar-refractivity contribution is 5.41. The van der Waals surface area contributed by atoms with Crippen LogP contribution in [0.2, 0.25) is 0 Å². The number of nitriles is 1. The van der Waals surface area contributed by atoms with Crippen LogP contribution in [0.4, 0.5) is 17.6 Å². The lowest BCUT2D eigenvalue weighted by molar-refractivity contribution is -0.266. The number of aliphatic hydroxyl groups is 1. The number of halogens is 4. The molecule has 0 heterocycles. The molecule has 0 aliphatic heterocycles. The number of hydrogen-bond acceptors (Lipinski definition) is 3. The maximum Gasteiger partial charge on any atom is 0.417 e. The van der Waals surface area contributed by atoms with Gasteiger partial charge in [0.25, 0.3) is 0 Å². The van der Waals surface area contributed by atoms with Crippen LogP contribution in [0.1, 0.15) is 45.1 Å². The number of nitrogens with zero attached hydrogens (tertiary/aromatic N) is 1. The minimum atomic E-state index is -4.96. The van der Waals surface area contributed by atoms with Crippen LogP contribution >= 0.6 is 0 Å². The van der Waals surface area contributed by atoms with E-state index in [0.29, 0.717) is 5.57 Å². The second kappa shape index (κ2) is 8.42. The standard InChI is InChI=1S/C22H23F4NO2/c1-3-20(2,18-11-17(23)9-10-19(18)28)14-21(29,22(24,25)26)12-15-5-4-6-16(13-27)8-7-15/h5-11,28-29H,3-4,12,14H2,1-2H3. The van der Waals surface area contributed by atoms with E-state index in [1.807, 2.05) is 6.07 Å². The Morgan fingerprint density at radius 2 is 1.86 bits per heavy atom. The maximum absolute atomic E-state index is 14.0. The first-order chi connectivity index (χ1) is 13.4. The fourth-order valence-corrected chi connectivity index (χ4v) is 3.53. The van der Waals surface area contributed by atoms with Gasteiger partial charge in [0.15, 0.2) is 5.60 Å². The number of aromatic hydroxyl groups is 1. The number of hydrogen-bond donors (Lipinski definition) is 2. The van der Waals surface area contributed by atoms with Crippen molar-refractivity contribution in [3.63, 3.8) is 0 Å². The van der Waals surface area contributed by atoms with Gasteiger partial charge in [0, 0.05) is 17.6 Å². The van der Waals surface area contributed by atoms with Crippen molar-refractivity contribution in [3.05, 3.63) is 65.0 Å². The molecule has 0 spiro atoms. The van der Waals surface area contributed by atoms with Gasteiger partial charge in [-0.3, -0.25) is 0 Å². The number of benzene rings is 1. The smallest absolute Gasteiger partial charge is 0.417 e. The second-order valence-electron chi connectivity index (χ2n) is 7.58. The van der Waals surface area contributed by atoms with Crippen molar-refractivity contribution in [3.8, 4) is 11.8 Å². The number of alkyl halides is 3. The molecule has 0 aromatic heterocycles. The molecule has 2 atom stereocenters. The highest BCUT2D eigenvalue weighted by atomic mass is 19.4. The van der Waals surface area contributed by atoms with Gasteiger partial charge >= 0.3 is 6.18 Å². The quantitative estimate of drug-likeness (QED) is 0.601. The summed E-state index contributed by atoms with van der Waals surface area (Å²) in [5.41, 5.74) is -3.85. The summed E-state index contributed by atoms with van der Waals surface area (Å²) in [4.78, 5) is 0. The van der Waals surface area contributed by atoms with Gasteiger partial charge in [-0.15, -0.1) is 0 Å². The van der Waals surface area contributed by atoms with Crippen molar-refractivity contribution in [2.24, 2.45) is 0 Å². The fourth-order valence-electron chi connectivity index (χ4n) is 3.53. The molecule has 156 valence electrons. The number of phenolic OH excluding ortho intramolecular Hbond substituents is 1. The molecule has 29 heavy (non-hydrogen) atoms. The zero-order valence-electron chi connectivity index (χ0n) is 16.2. The summed E-state index contributed by atoms with van der Waals surface area (Å²) in [7, 11) is 0. The molecule has 0 saturated heterocycles. The predicted octanol–water partition coefficient (Wildman–Crippen LogP) is 5.61. The third-order valence-electron chi connectivity index (χ3n) is 5.42. The number of rotatable bonds is 6. The van der Waals surface area contributed by atoms with Crippen molar-refractivity contribution in [1.29, 1.82) is 5.26 Å². The predicted molar refractivity (Wildman–Crippen MR) is 101 cm³/mol. The normalized spacial score (nSPS) is 18.7. The third kappa shape index (κ3) is 5.07. The molecule has 1 aromatic rings. The van der Waals surface area contributed by atoms with Crippen LogP contribution in [0.5, 0.6) is 5.75 Å². The van der Waals surface area contributed by atoms with Gasteiger partial charge in [-0.1, -0.05) is 32.1 Å². The Hall–Kier alpha value is -2.59. The molecule has 2 N–H and O–H groups in total. The first-order valence-electron chi connectivity index (χ1n) is 9.19. The van der Waals surface area contributed by atoms with Crippen LogP contribution in [-0.2, 0) is 5.41 Å². The van der Waals surface area contributed by atoms with E-state index >= 15 is 0 Å². The van der Waals surface area contributed by atoms with Gasteiger partial charge in [0.05, 0.1) is 6.07 Å². The Morgan fingerprint density at radius 3 is 2.45 bits per heavy atom. The van der Waals surface area contributed by atoms with Crippen molar-refractivity contribution in [2.75, 3.05) is 0 Å². The molecule has 3 nitrogen and oxygen atoms in total. The molecule has 0 radical (unpaired) electrons. The third-order valence-corrected chi connectivity index (χ3v) is 5.42. The molecule has 1 aromatic carbocycles. The Bertz CT molecular complexity index is 895. The first-order valence-corrected chi connectivity index (χ1v) is 9.19. The zero-order chi connectivity index (χ0) is 21.9. The molecule has 2 rings (SSSR count). The van der Waals surface area contributed by atoms with Gasteiger partial charge in [0.2, 0.25) is 0 Å². The van der Waals surface area contributed by atoms with E-state index in [1.54, 1.807) is 13.0 Å². The molecule has 2 unspecified atom stereocenters. The summed E-state index contributed by atoms with van der Waals surface area (Å²) in [5, 5.41) is 29.8. The molecule has 7 heteroatoms. The molecule has 0 bridgehead atoms. The lowest BCUT2D eigenvalue weighted by atomic mass is 9.70. The van der Waals surface area contributed by atoms with Crippen molar-refractivity contribution >= 4 is 0 Å². The van der Waals surface area contributed by atoms with Crippen LogP contribution in [-0.4, -0.2) is 22.0 Å². The SMILES string of the molecule is CCC(C)(CC(O)(CC1=CCC=C(C#N)C=C1)C(F)(F)F)c1cc(F)ccc1O. The largest absolute Gasteiger partial charge is 0.508 e.